The minimum atomic E-state index is -0.419. The van der Waals surface area contributed by atoms with Gasteiger partial charge in [-0.3, -0.25) is 9.38 Å². The van der Waals surface area contributed by atoms with Crippen LogP contribution in [-0.2, 0) is 4.74 Å². The highest BCUT2D eigenvalue weighted by Gasteiger charge is 2.16. The molecule has 4 rings (SSSR count). The first-order valence-corrected chi connectivity index (χ1v) is 8.26. The van der Waals surface area contributed by atoms with Crippen LogP contribution < -0.4 is 4.74 Å². The van der Waals surface area contributed by atoms with E-state index in [9.17, 15) is 4.39 Å². The number of ether oxygens (including phenoxy) is 2. The minimum absolute atomic E-state index is 0.287. The average molecular weight is 373 g/mol. The Bertz CT molecular complexity index is 1100. The predicted molar refractivity (Wildman–Crippen MR) is 96.1 cm³/mol. The van der Waals surface area contributed by atoms with Gasteiger partial charge in [-0.2, -0.15) is 0 Å². The number of methoxy groups -OCH3 is 1. The van der Waals surface area contributed by atoms with Gasteiger partial charge in [-0.05, 0) is 36.4 Å². The second kappa shape index (κ2) is 6.86. The lowest BCUT2D eigenvalue weighted by atomic mass is 10.2. The lowest BCUT2D eigenvalue weighted by molar-refractivity contribution is 0.146. The van der Waals surface area contributed by atoms with E-state index < -0.39 is 5.82 Å². The van der Waals surface area contributed by atoms with Crippen molar-refractivity contribution in [1.29, 1.82) is 0 Å². The number of hydrogen-bond acceptors (Lipinski definition) is 5. The van der Waals surface area contributed by atoms with Crippen LogP contribution in [0.2, 0.25) is 5.02 Å². The molecule has 8 heteroatoms. The predicted octanol–water partition coefficient (Wildman–Crippen LogP) is 3.76. The van der Waals surface area contributed by atoms with Crippen molar-refractivity contribution in [2.75, 3.05) is 20.3 Å². The molecule has 2 heterocycles. The van der Waals surface area contributed by atoms with E-state index in [-0.39, 0.29) is 5.56 Å². The van der Waals surface area contributed by atoms with Gasteiger partial charge in [0.05, 0.1) is 29.4 Å². The third-order valence-electron chi connectivity index (χ3n) is 3.92. The molecule has 26 heavy (non-hydrogen) atoms. The first-order valence-electron chi connectivity index (χ1n) is 7.88. The average Bonchev–Trinajstić information content (AvgIpc) is 3.07. The number of halogens is 2. The molecule has 0 bridgehead atoms. The third-order valence-corrected chi connectivity index (χ3v) is 4.16. The van der Waals surface area contributed by atoms with Gasteiger partial charge in [0.25, 0.3) is 0 Å². The van der Waals surface area contributed by atoms with Crippen molar-refractivity contribution in [3.63, 3.8) is 0 Å². The number of fused-ring (bicyclic) bond motifs is 3. The van der Waals surface area contributed by atoms with Gasteiger partial charge in [-0.1, -0.05) is 11.6 Å². The summed E-state index contributed by atoms with van der Waals surface area (Å²) in [5.41, 5.74) is 2.20. The molecular weight excluding hydrogens is 359 g/mol. The third kappa shape index (κ3) is 2.95. The van der Waals surface area contributed by atoms with Crippen molar-refractivity contribution in [3.05, 3.63) is 53.4 Å². The highest BCUT2D eigenvalue weighted by atomic mass is 35.5. The summed E-state index contributed by atoms with van der Waals surface area (Å²) in [7, 11) is 1.59. The van der Waals surface area contributed by atoms with Crippen LogP contribution in [0.15, 0.2) is 42.6 Å². The van der Waals surface area contributed by atoms with Crippen LogP contribution in [0, 0.1) is 5.82 Å². The van der Waals surface area contributed by atoms with Crippen LogP contribution in [0.25, 0.3) is 28.1 Å². The number of rotatable bonds is 5. The lowest BCUT2D eigenvalue weighted by Gasteiger charge is -2.09. The van der Waals surface area contributed by atoms with Crippen LogP contribution in [0.1, 0.15) is 0 Å². The Labute approximate surface area is 153 Å². The van der Waals surface area contributed by atoms with Crippen molar-refractivity contribution in [3.8, 4) is 17.1 Å². The summed E-state index contributed by atoms with van der Waals surface area (Å²) in [4.78, 5) is 4.33. The molecule has 132 valence electrons. The Morgan fingerprint density at radius 1 is 1.12 bits per heavy atom. The summed E-state index contributed by atoms with van der Waals surface area (Å²) in [5.74, 6) is 0.471. The van der Waals surface area contributed by atoms with Gasteiger partial charge in [0.15, 0.2) is 11.5 Å². The van der Waals surface area contributed by atoms with E-state index in [0.717, 1.165) is 5.52 Å². The summed E-state index contributed by atoms with van der Waals surface area (Å²) in [6, 6.07) is 9.80. The molecule has 6 nitrogen and oxygen atoms in total. The molecule has 4 aromatic rings. The van der Waals surface area contributed by atoms with E-state index in [4.69, 9.17) is 21.1 Å². The molecule has 0 amide bonds. The number of benzene rings is 2. The highest BCUT2D eigenvalue weighted by molar-refractivity contribution is 6.31. The summed E-state index contributed by atoms with van der Waals surface area (Å²) in [6.07, 6.45) is 1.58. The van der Waals surface area contributed by atoms with E-state index in [0.29, 0.717) is 41.0 Å². The van der Waals surface area contributed by atoms with Gasteiger partial charge in [-0.15, -0.1) is 10.2 Å². The van der Waals surface area contributed by atoms with Gasteiger partial charge in [0, 0.05) is 12.1 Å². The molecule has 0 aliphatic heterocycles. The number of hydrogen-bond donors (Lipinski definition) is 0. The largest absolute Gasteiger partial charge is 0.491 e. The van der Waals surface area contributed by atoms with E-state index in [1.54, 1.807) is 48.0 Å². The fourth-order valence-corrected chi connectivity index (χ4v) is 2.88. The molecule has 2 aromatic heterocycles. The number of nitrogens with zero attached hydrogens (tertiary/aromatic N) is 4. The fourth-order valence-electron chi connectivity index (χ4n) is 2.72. The molecule has 0 radical (unpaired) electrons. The second-order valence-electron chi connectivity index (χ2n) is 5.59. The van der Waals surface area contributed by atoms with Crippen LogP contribution in [-0.4, -0.2) is 39.9 Å². The van der Waals surface area contributed by atoms with Gasteiger partial charge < -0.3 is 9.47 Å². The van der Waals surface area contributed by atoms with Crippen molar-refractivity contribution in [2.24, 2.45) is 0 Å². The molecule has 0 fully saturated rings. The first-order chi connectivity index (χ1) is 12.7. The summed E-state index contributed by atoms with van der Waals surface area (Å²) < 4.78 is 26.8. The Morgan fingerprint density at radius 2 is 2.00 bits per heavy atom. The zero-order valence-electron chi connectivity index (χ0n) is 13.8. The normalized spacial score (nSPS) is 11.3. The van der Waals surface area contributed by atoms with E-state index in [2.05, 4.69) is 15.2 Å². The van der Waals surface area contributed by atoms with Crippen molar-refractivity contribution in [1.82, 2.24) is 19.6 Å². The molecule has 0 saturated heterocycles. The van der Waals surface area contributed by atoms with Gasteiger partial charge >= 0.3 is 0 Å². The van der Waals surface area contributed by atoms with Crippen LogP contribution in [0.4, 0.5) is 4.39 Å². The molecule has 0 atom stereocenters. The molecule has 0 unspecified atom stereocenters. The summed E-state index contributed by atoms with van der Waals surface area (Å²) >= 11 is 6.04. The maximum atomic E-state index is 14.5. The van der Waals surface area contributed by atoms with E-state index in [1.165, 1.54) is 6.07 Å². The van der Waals surface area contributed by atoms with Crippen LogP contribution >= 0.6 is 11.6 Å². The molecule has 0 N–H and O–H groups in total. The van der Waals surface area contributed by atoms with Crippen molar-refractivity contribution < 1.29 is 13.9 Å². The fraction of sp³-hybridized carbons (Fsp3) is 0.167. The summed E-state index contributed by atoms with van der Waals surface area (Å²) in [5, 5.41) is 8.83. The maximum absolute atomic E-state index is 14.5. The van der Waals surface area contributed by atoms with Crippen LogP contribution in [0.5, 0.6) is 5.75 Å². The Balaban J connectivity index is 1.87. The van der Waals surface area contributed by atoms with Crippen molar-refractivity contribution in [2.45, 2.75) is 0 Å². The highest BCUT2D eigenvalue weighted by Crippen LogP contribution is 2.29. The second-order valence-corrected chi connectivity index (χ2v) is 6.03. The molecule has 0 aliphatic rings. The Hall–Kier alpha value is -2.77. The first kappa shape index (κ1) is 16.7. The quantitative estimate of drug-likeness (QED) is 0.499. The topological polar surface area (TPSA) is 61.5 Å². The molecule has 0 spiro atoms. The summed E-state index contributed by atoms with van der Waals surface area (Å²) in [6.45, 7) is 0.811. The minimum Gasteiger partial charge on any atom is -0.491 e. The molecule has 0 aliphatic carbocycles. The molecular formula is C18H14ClFN4O2. The standard InChI is InChI=1S/C18H14ClFN4O2/c1-25-6-7-26-12-3-4-14(20)13(9-12)18-23-22-17-10-21-15-8-11(19)2-5-16(15)24(17)18/h2-5,8-10H,6-7H2,1H3. The molecule has 0 saturated carbocycles. The zero-order chi connectivity index (χ0) is 18.1. The van der Waals surface area contributed by atoms with Gasteiger partial charge in [-0.25, -0.2) is 4.39 Å². The lowest BCUT2D eigenvalue weighted by Crippen LogP contribution is -2.04. The van der Waals surface area contributed by atoms with Gasteiger partial charge in [0.2, 0.25) is 0 Å². The van der Waals surface area contributed by atoms with Gasteiger partial charge in [0.1, 0.15) is 18.2 Å². The van der Waals surface area contributed by atoms with E-state index >= 15 is 0 Å². The Morgan fingerprint density at radius 3 is 2.85 bits per heavy atom. The monoisotopic (exact) mass is 372 g/mol. The van der Waals surface area contributed by atoms with E-state index in [1.807, 2.05) is 0 Å². The van der Waals surface area contributed by atoms with Crippen molar-refractivity contribution >= 4 is 28.3 Å². The maximum Gasteiger partial charge on any atom is 0.180 e. The molecule has 2 aromatic carbocycles. The zero-order valence-corrected chi connectivity index (χ0v) is 14.6. The number of aromatic nitrogens is 4. The SMILES string of the molecule is COCCOc1ccc(F)c(-c2nnc3cnc4cc(Cl)ccc4n23)c1. The Kier molecular flexibility index (Phi) is 4.40. The smallest absolute Gasteiger partial charge is 0.180 e. The van der Waals surface area contributed by atoms with Crippen LogP contribution in [0.3, 0.4) is 0 Å².